The molecule has 0 spiro atoms. The number of piperidine rings is 1. The monoisotopic (exact) mass is 261 g/mol. The molecular formula is C17H29N2+. The predicted octanol–water partition coefficient (Wildman–Crippen LogP) is 3.79. The molecule has 0 aliphatic carbocycles. The summed E-state index contributed by atoms with van der Waals surface area (Å²) in [6, 6.07) is 4.58. The third-order valence-electron chi connectivity index (χ3n) is 4.29. The number of anilines is 1. The number of unbranched alkanes of at least 4 members (excludes halogenated alkanes) is 3. The zero-order valence-corrected chi connectivity index (χ0v) is 12.6. The minimum atomic E-state index is 0.906. The van der Waals surface area contributed by atoms with Gasteiger partial charge in [0.25, 0.3) is 0 Å². The molecule has 1 aliphatic rings. The predicted molar refractivity (Wildman–Crippen MR) is 81.4 cm³/mol. The van der Waals surface area contributed by atoms with E-state index in [1.807, 2.05) is 0 Å². The minimum absolute atomic E-state index is 0.906. The molecule has 2 heterocycles. The Kier molecular flexibility index (Phi) is 5.68. The largest absolute Gasteiger partial charge is 0.371 e. The van der Waals surface area contributed by atoms with E-state index < -0.39 is 0 Å². The second kappa shape index (κ2) is 7.52. The molecule has 0 amide bonds. The van der Waals surface area contributed by atoms with E-state index in [0.717, 1.165) is 12.5 Å². The lowest BCUT2D eigenvalue weighted by molar-refractivity contribution is -0.697. The number of rotatable bonds is 6. The van der Waals surface area contributed by atoms with Crippen molar-refractivity contribution < 1.29 is 4.57 Å². The van der Waals surface area contributed by atoms with Gasteiger partial charge >= 0.3 is 0 Å². The summed E-state index contributed by atoms with van der Waals surface area (Å²) in [6.45, 7) is 8.24. The highest BCUT2D eigenvalue weighted by atomic mass is 15.1. The molecule has 19 heavy (non-hydrogen) atoms. The Morgan fingerprint density at radius 3 is 2.42 bits per heavy atom. The van der Waals surface area contributed by atoms with E-state index in [1.165, 1.54) is 57.3 Å². The van der Waals surface area contributed by atoms with Crippen molar-refractivity contribution in [3.8, 4) is 0 Å². The maximum Gasteiger partial charge on any atom is 0.170 e. The molecule has 1 aromatic heterocycles. The normalized spacial score (nSPS) is 16.8. The van der Waals surface area contributed by atoms with Gasteiger partial charge in [-0.3, -0.25) is 0 Å². The van der Waals surface area contributed by atoms with Gasteiger partial charge in [-0.2, -0.15) is 0 Å². The third-order valence-corrected chi connectivity index (χ3v) is 4.29. The van der Waals surface area contributed by atoms with Gasteiger partial charge in [0, 0.05) is 37.3 Å². The number of pyridine rings is 1. The minimum Gasteiger partial charge on any atom is -0.371 e. The molecule has 1 saturated heterocycles. The first-order valence-electron chi connectivity index (χ1n) is 8.03. The fourth-order valence-electron chi connectivity index (χ4n) is 2.80. The maximum atomic E-state index is 2.53. The van der Waals surface area contributed by atoms with E-state index in [0.29, 0.717) is 0 Å². The Labute approximate surface area is 118 Å². The zero-order valence-electron chi connectivity index (χ0n) is 12.6. The molecule has 1 aromatic rings. The Balaban J connectivity index is 1.81. The molecule has 2 heteroatoms. The Bertz CT molecular complexity index is 350. The van der Waals surface area contributed by atoms with Crippen molar-refractivity contribution in [2.24, 2.45) is 5.92 Å². The lowest BCUT2D eigenvalue weighted by Gasteiger charge is -2.31. The molecule has 1 fully saturated rings. The molecule has 0 N–H and O–H groups in total. The molecule has 0 aromatic carbocycles. The Morgan fingerprint density at radius 1 is 1.11 bits per heavy atom. The van der Waals surface area contributed by atoms with Crippen LogP contribution in [0.4, 0.5) is 5.69 Å². The van der Waals surface area contributed by atoms with E-state index >= 15 is 0 Å². The van der Waals surface area contributed by atoms with Crippen molar-refractivity contribution in [1.29, 1.82) is 0 Å². The Hall–Kier alpha value is -1.05. The molecule has 0 saturated carbocycles. The van der Waals surface area contributed by atoms with Gasteiger partial charge in [0.1, 0.15) is 6.54 Å². The van der Waals surface area contributed by atoms with Gasteiger partial charge in [0.15, 0.2) is 12.4 Å². The van der Waals surface area contributed by atoms with Crippen LogP contribution < -0.4 is 9.47 Å². The SMILES string of the molecule is CCCCCC[n+]1ccc(N2CCC(C)CC2)cc1. The molecular weight excluding hydrogens is 232 g/mol. The van der Waals surface area contributed by atoms with Crippen LogP contribution in [0.3, 0.4) is 0 Å². The maximum absolute atomic E-state index is 2.53. The van der Waals surface area contributed by atoms with Gasteiger partial charge < -0.3 is 4.90 Å². The summed E-state index contributed by atoms with van der Waals surface area (Å²) in [5.74, 6) is 0.906. The second-order valence-electron chi connectivity index (χ2n) is 6.02. The molecule has 1 aliphatic heterocycles. The first-order chi connectivity index (χ1) is 9.29. The zero-order chi connectivity index (χ0) is 13.5. The van der Waals surface area contributed by atoms with Gasteiger partial charge in [-0.15, -0.1) is 0 Å². The van der Waals surface area contributed by atoms with Gasteiger partial charge in [0.05, 0.1) is 0 Å². The quantitative estimate of drug-likeness (QED) is 0.558. The number of hydrogen-bond donors (Lipinski definition) is 0. The van der Waals surface area contributed by atoms with Gasteiger partial charge in [-0.05, 0) is 25.2 Å². The summed E-state index contributed by atoms with van der Waals surface area (Å²) in [6.07, 6.45) is 12.5. The van der Waals surface area contributed by atoms with Gasteiger partial charge in [-0.1, -0.05) is 26.7 Å². The second-order valence-corrected chi connectivity index (χ2v) is 6.02. The highest BCUT2D eigenvalue weighted by Gasteiger charge is 2.16. The summed E-state index contributed by atoms with van der Waals surface area (Å²) in [5, 5.41) is 0. The first kappa shape index (κ1) is 14.4. The van der Waals surface area contributed by atoms with E-state index in [9.17, 15) is 0 Å². The van der Waals surface area contributed by atoms with Crippen LogP contribution in [0.15, 0.2) is 24.5 Å². The van der Waals surface area contributed by atoms with Crippen molar-refractivity contribution in [3.05, 3.63) is 24.5 Å². The summed E-state index contributed by atoms with van der Waals surface area (Å²) in [4.78, 5) is 2.53. The topological polar surface area (TPSA) is 7.12 Å². The van der Waals surface area contributed by atoms with Crippen molar-refractivity contribution in [2.45, 2.75) is 58.9 Å². The summed E-state index contributed by atoms with van der Waals surface area (Å²) < 4.78 is 2.33. The fourth-order valence-corrected chi connectivity index (χ4v) is 2.80. The van der Waals surface area contributed by atoms with Crippen LogP contribution in [-0.4, -0.2) is 13.1 Å². The lowest BCUT2D eigenvalue weighted by Crippen LogP contribution is -2.35. The van der Waals surface area contributed by atoms with Gasteiger partial charge in [0.2, 0.25) is 0 Å². The molecule has 0 atom stereocenters. The number of nitrogens with zero attached hydrogens (tertiary/aromatic N) is 2. The van der Waals surface area contributed by atoms with E-state index in [1.54, 1.807) is 0 Å². The molecule has 2 nitrogen and oxygen atoms in total. The average Bonchev–Trinajstić information content (AvgIpc) is 2.45. The van der Waals surface area contributed by atoms with Crippen molar-refractivity contribution in [3.63, 3.8) is 0 Å². The standard InChI is InChI=1S/C17H29N2/c1-3-4-5-6-11-18-12-9-17(10-13-18)19-14-7-16(2)8-15-19/h9-10,12-13,16H,3-8,11,14-15H2,1-2H3/q+1. The Morgan fingerprint density at radius 2 is 1.79 bits per heavy atom. The number of aromatic nitrogens is 1. The van der Waals surface area contributed by atoms with E-state index in [2.05, 4.69) is 47.8 Å². The molecule has 106 valence electrons. The average molecular weight is 261 g/mol. The van der Waals surface area contributed by atoms with Crippen molar-refractivity contribution in [2.75, 3.05) is 18.0 Å². The lowest BCUT2D eigenvalue weighted by atomic mass is 9.99. The van der Waals surface area contributed by atoms with Crippen LogP contribution in [-0.2, 0) is 6.54 Å². The molecule has 2 rings (SSSR count). The van der Waals surface area contributed by atoms with Crippen LogP contribution in [0.25, 0.3) is 0 Å². The fraction of sp³-hybridized carbons (Fsp3) is 0.706. The first-order valence-corrected chi connectivity index (χ1v) is 8.03. The number of aryl methyl sites for hydroxylation is 1. The van der Waals surface area contributed by atoms with E-state index in [-0.39, 0.29) is 0 Å². The number of hydrogen-bond acceptors (Lipinski definition) is 1. The van der Waals surface area contributed by atoms with Crippen LogP contribution in [0.5, 0.6) is 0 Å². The molecule has 0 radical (unpaired) electrons. The van der Waals surface area contributed by atoms with Crippen LogP contribution >= 0.6 is 0 Å². The highest BCUT2D eigenvalue weighted by Crippen LogP contribution is 2.21. The summed E-state index contributed by atoms with van der Waals surface area (Å²) >= 11 is 0. The van der Waals surface area contributed by atoms with Crippen molar-refractivity contribution >= 4 is 5.69 Å². The van der Waals surface area contributed by atoms with Crippen LogP contribution in [0.1, 0.15) is 52.4 Å². The van der Waals surface area contributed by atoms with E-state index in [4.69, 9.17) is 0 Å². The summed E-state index contributed by atoms with van der Waals surface area (Å²) in [5.41, 5.74) is 1.40. The molecule has 0 unspecified atom stereocenters. The molecule has 0 bridgehead atoms. The van der Waals surface area contributed by atoms with Crippen LogP contribution in [0.2, 0.25) is 0 Å². The smallest absolute Gasteiger partial charge is 0.170 e. The highest BCUT2D eigenvalue weighted by molar-refractivity contribution is 5.43. The van der Waals surface area contributed by atoms with Crippen LogP contribution in [0, 0.1) is 5.92 Å². The van der Waals surface area contributed by atoms with Crippen molar-refractivity contribution in [1.82, 2.24) is 0 Å². The van der Waals surface area contributed by atoms with Gasteiger partial charge in [-0.25, -0.2) is 4.57 Å². The summed E-state index contributed by atoms with van der Waals surface area (Å²) in [7, 11) is 0. The third kappa shape index (κ3) is 4.52.